The summed E-state index contributed by atoms with van der Waals surface area (Å²) in [6.45, 7) is 0. The van der Waals surface area contributed by atoms with Crippen LogP contribution in [0.15, 0.2) is 168 Å². The second-order valence-electron chi connectivity index (χ2n) is 11.6. The molecule has 220 valence electrons. The van der Waals surface area contributed by atoms with Crippen LogP contribution in [0.25, 0.3) is 89.1 Å². The molecule has 7 aromatic carbocycles. The molecule has 0 saturated carbocycles. The van der Waals surface area contributed by atoms with Crippen LogP contribution in [0.1, 0.15) is 0 Å². The van der Waals surface area contributed by atoms with Gasteiger partial charge in [0.15, 0.2) is 17.5 Å². The molecular weight excluding hydrogens is 574 g/mol. The van der Waals surface area contributed by atoms with Crippen LogP contribution in [0.4, 0.5) is 0 Å². The zero-order valence-corrected chi connectivity index (χ0v) is 25.3. The molecule has 0 spiro atoms. The van der Waals surface area contributed by atoms with Gasteiger partial charge in [-0.15, -0.1) is 0 Å². The van der Waals surface area contributed by atoms with Gasteiger partial charge in [0.1, 0.15) is 11.2 Å². The molecule has 0 amide bonds. The number of aromatic nitrogens is 3. The molecule has 0 fully saturated rings. The van der Waals surface area contributed by atoms with E-state index in [-0.39, 0.29) is 0 Å². The van der Waals surface area contributed by atoms with E-state index in [4.69, 9.17) is 19.4 Å². The molecule has 0 bridgehead atoms. The normalized spacial score (nSPS) is 11.4. The minimum absolute atomic E-state index is 0.618. The predicted octanol–water partition coefficient (Wildman–Crippen LogP) is 11.3. The van der Waals surface area contributed by atoms with Gasteiger partial charge in [0.25, 0.3) is 0 Å². The van der Waals surface area contributed by atoms with Crippen molar-refractivity contribution in [3.63, 3.8) is 0 Å². The fourth-order valence-electron chi connectivity index (χ4n) is 6.50. The van der Waals surface area contributed by atoms with Crippen LogP contribution in [0.5, 0.6) is 0 Å². The molecular formula is C43H27N3O. The van der Waals surface area contributed by atoms with Crippen LogP contribution in [0, 0.1) is 0 Å². The van der Waals surface area contributed by atoms with Crippen LogP contribution in [-0.4, -0.2) is 15.0 Å². The number of nitrogens with zero attached hydrogens (tertiary/aromatic N) is 3. The Morgan fingerprint density at radius 3 is 1.77 bits per heavy atom. The van der Waals surface area contributed by atoms with E-state index >= 15 is 0 Å². The summed E-state index contributed by atoms with van der Waals surface area (Å²) in [6.07, 6.45) is 0. The first kappa shape index (κ1) is 27.0. The van der Waals surface area contributed by atoms with E-state index in [0.29, 0.717) is 17.5 Å². The highest BCUT2D eigenvalue weighted by atomic mass is 16.3. The summed E-state index contributed by atoms with van der Waals surface area (Å²) < 4.78 is 6.59. The lowest BCUT2D eigenvalue weighted by atomic mass is 9.94. The van der Waals surface area contributed by atoms with Gasteiger partial charge < -0.3 is 4.42 Å². The molecule has 0 atom stereocenters. The quantitative estimate of drug-likeness (QED) is 0.197. The van der Waals surface area contributed by atoms with Crippen molar-refractivity contribution in [1.82, 2.24) is 15.0 Å². The van der Waals surface area contributed by atoms with E-state index in [2.05, 4.69) is 115 Å². The van der Waals surface area contributed by atoms with Crippen molar-refractivity contribution in [3.05, 3.63) is 164 Å². The van der Waals surface area contributed by atoms with E-state index in [0.717, 1.165) is 66.3 Å². The second kappa shape index (κ2) is 11.2. The minimum Gasteiger partial charge on any atom is -0.455 e. The van der Waals surface area contributed by atoms with Crippen LogP contribution < -0.4 is 0 Å². The Balaban J connectivity index is 1.27. The summed E-state index contributed by atoms with van der Waals surface area (Å²) in [5.41, 5.74) is 8.82. The maximum Gasteiger partial charge on any atom is 0.164 e. The van der Waals surface area contributed by atoms with E-state index in [1.165, 1.54) is 5.39 Å². The van der Waals surface area contributed by atoms with E-state index in [1.54, 1.807) is 0 Å². The summed E-state index contributed by atoms with van der Waals surface area (Å²) in [7, 11) is 0. The Hall–Kier alpha value is -6.39. The molecule has 4 nitrogen and oxygen atoms in total. The van der Waals surface area contributed by atoms with Crippen molar-refractivity contribution in [2.75, 3.05) is 0 Å². The first-order valence-electron chi connectivity index (χ1n) is 15.7. The monoisotopic (exact) mass is 601 g/mol. The Morgan fingerprint density at radius 1 is 0.362 bits per heavy atom. The Kier molecular flexibility index (Phi) is 6.43. The van der Waals surface area contributed by atoms with Gasteiger partial charge in [-0.3, -0.25) is 0 Å². The predicted molar refractivity (Wildman–Crippen MR) is 192 cm³/mol. The fraction of sp³-hybridized carbons (Fsp3) is 0. The summed E-state index contributed by atoms with van der Waals surface area (Å²) in [5.74, 6) is 1.88. The second-order valence-corrected chi connectivity index (χ2v) is 11.6. The van der Waals surface area contributed by atoms with Crippen molar-refractivity contribution >= 4 is 32.7 Å². The molecule has 4 heteroatoms. The molecule has 0 unspecified atom stereocenters. The van der Waals surface area contributed by atoms with Gasteiger partial charge in [-0.25, -0.2) is 15.0 Å². The number of furan rings is 1. The summed E-state index contributed by atoms with van der Waals surface area (Å²) in [6, 6.07) is 56.2. The minimum atomic E-state index is 0.618. The van der Waals surface area contributed by atoms with Gasteiger partial charge in [0.05, 0.1) is 0 Å². The standard InChI is InChI=1S/C43H27N3O/c1-3-14-29(15-4-1)33-21-11-23-37-39-35(22-12-24-38(39)47-40(33)37)34-19-9-10-20-36(34)43-45-41(30-16-5-2-6-17-30)44-42(46-43)32-26-25-28-13-7-8-18-31(28)27-32/h1-27H. The molecule has 0 N–H and O–H groups in total. The van der Waals surface area contributed by atoms with Crippen LogP contribution >= 0.6 is 0 Å². The Labute approximate surface area is 271 Å². The van der Waals surface area contributed by atoms with E-state index in [1.807, 2.05) is 48.5 Å². The smallest absolute Gasteiger partial charge is 0.164 e. The third-order valence-electron chi connectivity index (χ3n) is 8.74. The van der Waals surface area contributed by atoms with E-state index in [9.17, 15) is 0 Å². The number of benzene rings is 7. The number of rotatable bonds is 5. The highest BCUT2D eigenvalue weighted by Gasteiger charge is 2.20. The number of hydrogen-bond acceptors (Lipinski definition) is 4. The van der Waals surface area contributed by atoms with Gasteiger partial charge in [-0.05, 0) is 39.6 Å². The first-order valence-corrected chi connectivity index (χ1v) is 15.7. The summed E-state index contributed by atoms with van der Waals surface area (Å²) in [5, 5.41) is 4.46. The Morgan fingerprint density at radius 2 is 0.957 bits per heavy atom. The maximum atomic E-state index is 6.59. The molecule has 9 aromatic rings. The summed E-state index contributed by atoms with van der Waals surface area (Å²) >= 11 is 0. The van der Waals surface area contributed by atoms with Gasteiger partial charge in [0.2, 0.25) is 0 Å². The number of hydrogen-bond donors (Lipinski definition) is 0. The van der Waals surface area contributed by atoms with Crippen molar-refractivity contribution in [3.8, 4) is 56.4 Å². The maximum absolute atomic E-state index is 6.59. The van der Waals surface area contributed by atoms with Crippen molar-refractivity contribution < 1.29 is 4.42 Å². The lowest BCUT2D eigenvalue weighted by Gasteiger charge is -2.13. The van der Waals surface area contributed by atoms with Crippen molar-refractivity contribution in [2.24, 2.45) is 0 Å². The number of fused-ring (bicyclic) bond motifs is 4. The zero-order chi connectivity index (χ0) is 31.2. The average molecular weight is 602 g/mol. The van der Waals surface area contributed by atoms with Gasteiger partial charge in [0, 0.05) is 33.0 Å². The highest BCUT2D eigenvalue weighted by Crippen LogP contribution is 2.42. The first-order chi connectivity index (χ1) is 23.3. The third kappa shape index (κ3) is 4.75. The fourth-order valence-corrected chi connectivity index (χ4v) is 6.50. The SMILES string of the molecule is c1ccc(-c2nc(-c3ccc4ccccc4c3)nc(-c3ccccc3-c3cccc4oc5c(-c6ccccc6)cccc5c34)n2)cc1. The lowest BCUT2D eigenvalue weighted by molar-refractivity contribution is 0.670. The van der Waals surface area contributed by atoms with Gasteiger partial charge >= 0.3 is 0 Å². The molecule has 0 aliphatic carbocycles. The van der Waals surface area contributed by atoms with Crippen LogP contribution in [-0.2, 0) is 0 Å². The lowest BCUT2D eigenvalue weighted by Crippen LogP contribution is -2.01. The molecule has 2 aromatic heterocycles. The van der Waals surface area contributed by atoms with Crippen molar-refractivity contribution in [2.45, 2.75) is 0 Å². The van der Waals surface area contributed by atoms with Crippen LogP contribution in [0.3, 0.4) is 0 Å². The Bertz CT molecular complexity index is 2570. The molecule has 47 heavy (non-hydrogen) atoms. The number of para-hydroxylation sites is 1. The molecule has 2 heterocycles. The molecule has 0 saturated heterocycles. The topological polar surface area (TPSA) is 51.8 Å². The third-order valence-corrected chi connectivity index (χ3v) is 8.74. The van der Waals surface area contributed by atoms with Gasteiger partial charge in [-0.2, -0.15) is 0 Å². The molecule has 0 aliphatic rings. The average Bonchev–Trinajstić information content (AvgIpc) is 3.54. The molecule has 0 radical (unpaired) electrons. The molecule has 0 aliphatic heterocycles. The van der Waals surface area contributed by atoms with Crippen molar-refractivity contribution in [1.29, 1.82) is 0 Å². The van der Waals surface area contributed by atoms with Crippen LogP contribution in [0.2, 0.25) is 0 Å². The summed E-state index contributed by atoms with van der Waals surface area (Å²) in [4.78, 5) is 15.2. The van der Waals surface area contributed by atoms with Gasteiger partial charge in [-0.1, -0.05) is 152 Å². The molecule has 9 rings (SSSR count). The highest BCUT2D eigenvalue weighted by molar-refractivity contribution is 6.16. The van der Waals surface area contributed by atoms with E-state index < -0.39 is 0 Å². The largest absolute Gasteiger partial charge is 0.455 e. The zero-order valence-electron chi connectivity index (χ0n) is 25.3.